The van der Waals surface area contributed by atoms with Crippen LogP contribution < -0.4 is 0 Å². The SMILES string of the molecule is O=C(O)c1ccnc(-c2cc(C(=O)O)ccn2)c1.O=C(O)c1ccnc(-c2cc(O)ccn2)c1.[C-]#N.[C-]#N.[C-]#N.[C-]#N.[Ru+2].[Ru+2].[Ru].c1ccc(-c2ccccn2)nc1.c1ccc(-c2ccccn2)nc1.c1ccc(-c2ccccn2)nc1.c1ccc(-c2ccccn2)nc1. The number of hydrogen-bond acceptors (Lipinski definition) is 20. The molecule has 0 aliphatic rings. The predicted molar refractivity (Wildman–Crippen MR) is 327 cm³/mol. The molecule has 0 atom stereocenters. The van der Waals surface area contributed by atoms with Crippen molar-refractivity contribution in [2.45, 2.75) is 0 Å². The van der Waals surface area contributed by atoms with Crippen molar-refractivity contribution in [2.24, 2.45) is 0 Å². The minimum absolute atomic E-state index is 0. The average Bonchev–Trinajstić information content (AvgIpc) is 1.12. The van der Waals surface area contributed by atoms with Crippen molar-refractivity contribution < 1.29 is 93.2 Å². The molecule has 26 heteroatoms. The van der Waals surface area contributed by atoms with Crippen LogP contribution in [0.2, 0.25) is 0 Å². The van der Waals surface area contributed by atoms with Gasteiger partial charge in [-0.05, 0) is 140 Å². The van der Waals surface area contributed by atoms with Crippen molar-refractivity contribution >= 4 is 17.9 Å². The molecule has 12 aromatic heterocycles. The molecular formula is C67H48N16O7Ru3. The van der Waals surface area contributed by atoms with Crippen LogP contribution in [0.25, 0.3) is 68.3 Å². The third-order valence-electron chi connectivity index (χ3n) is 10.7. The summed E-state index contributed by atoms with van der Waals surface area (Å²) in [4.78, 5) is 81.8. The van der Waals surface area contributed by atoms with Crippen molar-refractivity contribution in [3.63, 3.8) is 0 Å². The zero-order chi connectivity index (χ0) is 65.6. The van der Waals surface area contributed by atoms with Crippen LogP contribution in [0, 0.1) is 47.3 Å². The fourth-order valence-corrected chi connectivity index (χ4v) is 6.78. The molecule has 0 unspecified atom stereocenters. The molecule has 0 aliphatic heterocycles. The Morgan fingerprint density at radius 2 is 0.409 bits per heavy atom. The van der Waals surface area contributed by atoms with E-state index in [0.717, 1.165) is 45.6 Å². The Hall–Kier alpha value is -12.2. The van der Waals surface area contributed by atoms with E-state index in [-0.39, 0.29) is 80.9 Å². The minimum Gasteiger partial charge on any atom is -0.512 e. The molecule has 0 aliphatic carbocycles. The van der Waals surface area contributed by atoms with Crippen molar-refractivity contribution in [3.8, 4) is 74.1 Å². The molecule has 0 spiro atoms. The number of carboxylic acid groups (broad SMARTS) is 3. The van der Waals surface area contributed by atoms with E-state index in [1.807, 2.05) is 146 Å². The van der Waals surface area contributed by atoms with Gasteiger partial charge in [-0.15, -0.1) is 0 Å². The molecule has 93 heavy (non-hydrogen) atoms. The molecule has 23 nitrogen and oxygen atoms in total. The van der Waals surface area contributed by atoms with Gasteiger partial charge in [0.1, 0.15) is 5.75 Å². The molecule has 0 radical (unpaired) electrons. The molecule has 0 saturated carbocycles. The molecule has 0 fully saturated rings. The first-order chi connectivity index (χ1) is 44.1. The summed E-state index contributed by atoms with van der Waals surface area (Å²) in [6.45, 7) is 19.0. The third kappa shape index (κ3) is 29.6. The second-order valence-corrected chi connectivity index (χ2v) is 16.3. The van der Waals surface area contributed by atoms with Gasteiger partial charge in [0.25, 0.3) is 0 Å². The van der Waals surface area contributed by atoms with Gasteiger partial charge in [0.2, 0.25) is 0 Å². The number of hydrogen-bond donors (Lipinski definition) is 4. The van der Waals surface area contributed by atoms with E-state index in [1.165, 1.54) is 73.3 Å². The number of aromatic nitrogens is 12. The zero-order valence-electron chi connectivity index (χ0n) is 48.1. The molecule has 4 N–H and O–H groups in total. The normalized spacial score (nSPS) is 8.73. The molecule has 12 aromatic rings. The Kier molecular flexibility index (Phi) is 42.4. The van der Waals surface area contributed by atoms with Crippen molar-refractivity contribution in [1.82, 2.24) is 59.8 Å². The minimum atomic E-state index is -1.08. The van der Waals surface area contributed by atoms with Gasteiger partial charge < -0.3 is 67.8 Å². The van der Waals surface area contributed by atoms with Crippen molar-refractivity contribution in [3.05, 3.63) is 311 Å². The Morgan fingerprint density at radius 3 is 0.559 bits per heavy atom. The summed E-state index contributed by atoms with van der Waals surface area (Å²) < 4.78 is 0. The van der Waals surface area contributed by atoms with Crippen LogP contribution in [0.4, 0.5) is 0 Å². The summed E-state index contributed by atoms with van der Waals surface area (Å²) >= 11 is 0. The van der Waals surface area contributed by atoms with E-state index in [9.17, 15) is 19.5 Å². The van der Waals surface area contributed by atoms with E-state index in [4.69, 9.17) is 62.7 Å². The molecule has 12 heterocycles. The number of aromatic carboxylic acids is 3. The van der Waals surface area contributed by atoms with E-state index >= 15 is 0 Å². The van der Waals surface area contributed by atoms with Crippen LogP contribution in [-0.4, -0.2) is 98.1 Å². The van der Waals surface area contributed by atoms with Crippen LogP contribution in [0.15, 0.2) is 268 Å². The van der Waals surface area contributed by atoms with Gasteiger partial charge >= 0.3 is 56.9 Å². The molecule has 0 amide bonds. The van der Waals surface area contributed by atoms with Gasteiger partial charge in [0, 0.05) is 99.9 Å². The fourth-order valence-electron chi connectivity index (χ4n) is 6.78. The second-order valence-electron chi connectivity index (χ2n) is 16.3. The summed E-state index contributed by atoms with van der Waals surface area (Å²) in [5, 5.41) is 60.8. The summed E-state index contributed by atoms with van der Waals surface area (Å²) in [5.41, 5.74) is 9.08. The molecule has 462 valence electrons. The number of aromatic hydroxyl groups is 1. The van der Waals surface area contributed by atoms with Gasteiger partial charge in [0.15, 0.2) is 0 Å². The van der Waals surface area contributed by atoms with Gasteiger partial charge in [-0.25, -0.2) is 14.4 Å². The first-order valence-corrected chi connectivity index (χ1v) is 25.5. The number of nitrogens with zero attached hydrogens (tertiary/aromatic N) is 16. The van der Waals surface area contributed by atoms with E-state index in [1.54, 1.807) is 49.6 Å². The third-order valence-corrected chi connectivity index (χ3v) is 10.7. The summed E-state index contributed by atoms with van der Waals surface area (Å²) in [6.07, 6.45) is 19.6. The summed E-state index contributed by atoms with van der Waals surface area (Å²) in [7, 11) is 0. The van der Waals surface area contributed by atoms with Crippen LogP contribution >= 0.6 is 0 Å². The largest absolute Gasteiger partial charge is 2.00 e. The van der Waals surface area contributed by atoms with Gasteiger partial charge in [-0.2, -0.15) is 0 Å². The first kappa shape index (κ1) is 80.8. The fraction of sp³-hybridized carbons (Fsp3) is 0. The Bertz CT molecular complexity index is 3560. The topological polar surface area (TPSA) is 382 Å². The zero-order valence-corrected chi connectivity index (χ0v) is 53.3. The quantitative estimate of drug-likeness (QED) is 0.0770. The van der Waals surface area contributed by atoms with Crippen LogP contribution in [0.5, 0.6) is 5.75 Å². The van der Waals surface area contributed by atoms with Gasteiger partial charge in [0.05, 0.1) is 85.0 Å². The Balaban J connectivity index is 0.00000107. The van der Waals surface area contributed by atoms with Crippen LogP contribution in [-0.2, 0) is 58.4 Å². The summed E-state index contributed by atoms with van der Waals surface area (Å²) in [6, 6.07) is 57.4. The molecular weight excluding hydrogens is 1440 g/mol. The van der Waals surface area contributed by atoms with Crippen LogP contribution in [0.3, 0.4) is 0 Å². The molecule has 0 saturated heterocycles. The number of carbonyl (C=O) groups is 3. The van der Waals surface area contributed by atoms with Crippen molar-refractivity contribution in [2.75, 3.05) is 0 Å². The number of pyridine rings is 12. The Labute approximate surface area is 573 Å². The molecule has 0 aromatic carbocycles. The maximum atomic E-state index is 10.8. The number of rotatable bonds is 9. The monoisotopic (exact) mass is 1490 g/mol. The van der Waals surface area contributed by atoms with Gasteiger partial charge in [-0.1, -0.05) is 48.5 Å². The predicted octanol–water partition coefficient (Wildman–Crippen LogP) is 12.0. The van der Waals surface area contributed by atoms with E-state index < -0.39 is 17.9 Å². The Morgan fingerprint density at radius 1 is 0.247 bits per heavy atom. The average molecular weight is 1490 g/mol. The smallest absolute Gasteiger partial charge is 0.512 e. The maximum Gasteiger partial charge on any atom is 2.00 e. The maximum absolute atomic E-state index is 10.8. The first-order valence-electron chi connectivity index (χ1n) is 25.5. The van der Waals surface area contributed by atoms with Crippen molar-refractivity contribution in [1.29, 1.82) is 21.0 Å². The molecule has 12 rings (SSSR count). The van der Waals surface area contributed by atoms with E-state index in [2.05, 4.69) is 59.8 Å². The molecule has 0 bridgehead atoms. The number of carboxylic acids is 3. The van der Waals surface area contributed by atoms with Crippen LogP contribution in [0.1, 0.15) is 31.1 Å². The van der Waals surface area contributed by atoms with E-state index in [0.29, 0.717) is 22.8 Å². The van der Waals surface area contributed by atoms with Gasteiger partial charge in [-0.3, -0.25) is 59.8 Å². The second kappa shape index (κ2) is 48.8. The summed E-state index contributed by atoms with van der Waals surface area (Å²) in [5.74, 6) is -3.11. The standard InChI is InChI=1S/C12H8N2O4.C11H8N2O3.4C10H8N2.4CN.3Ru/c15-11(16)7-1-3-13-9(5-7)10-6-8(12(17)18)2-4-14-10;14-8-2-4-13-10(6-8)9-5-7(11(15)16)1-3-12-9;4*1-3-7-11-9(5-1)10-6-2-4-8-12-10;4*1-2;;;/h1-6H,(H,15,16)(H,17,18);1-6H,(H,13,14)(H,15,16);4*1-8H;;;;;;;/q;;;;;;4*-1;;2*+2.